The van der Waals surface area contributed by atoms with E-state index >= 15 is 0 Å². The third kappa shape index (κ3) is 3.27. The topological polar surface area (TPSA) is 29.9 Å². The smallest absolute Gasteiger partial charge is 0.0949 e. The van der Waals surface area contributed by atoms with Gasteiger partial charge in [-0.3, -0.25) is 0 Å². The van der Waals surface area contributed by atoms with Crippen LogP contribution in [-0.4, -0.2) is 9.55 Å². The molecule has 0 atom stereocenters. The summed E-state index contributed by atoms with van der Waals surface area (Å²) in [4.78, 5) is 6.79. The number of rotatable bonds is 5. The van der Waals surface area contributed by atoms with Crippen molar-refractivity contribution < 1.29 is 0 Å². The van der Waals surface area contributed by atoms with Crippen LogP contribution in [0.3, 0.4) is 0 Å². The van der Waals surface area contributed by atoms with Gasteiger partial charge in [0, 0.05) is 40.9 Å². The van der Waals surface area contributed by atoms with E-state index in [0.717, 1.165) is 18.8 Å². The molecule has 0 fully saturated rings. The van der Waals surface area contributed by atoms with Gasteiger partial charge in [0.1, 0.15) is 0 Å². The van der Waals surface area contributed by atoms with E-state index in [2.05, 4.69) is 58.2 Å². The monoisotopic (exact) mass is 283 g/mol. The van der Waals surface area contributed by atoms with Crippen LogP contribution in [0.2, 0.25) is 0 Å². The molecule has 1 N–H and O–H groups in total. The molecule has 2 heterocycles. The summed E-state index contributed by atoms with van der Waals surface area (Å²) in [5.74, 6) is 0. The molecule has 1 aromatic carbocycles. The highest BCUT2D eigenvalue weighted by Gasteiger charge is 1.99. The fourth-order valence-electron chi connectivity index (χ4n) is 2.14. The van der Waals surface area contributed by atoms with Gasteiger partial charge in [0.15, 0.2) is 0 Å². The minimum atomic E-state index is 0.855. The van der Waals surface area contributed by atoms with Gasteiger partial charge in [-0.15, -0.1) is 11.3 Å². The molecule has 0 spiro atoms. The molecule has 102 valence electrons. The van der Waals surface area contributed by atoms with Gasteiger partial charge in [-0.2, -0.15) is 0 Å². The first kappa shape index (κ1) is 12.9. The number of aryl methyl sites for hydroxylation is 1. The molecule has 3 aromatic rings. The van der Waals surface area contributed by atoms with Crippen LogP contribution in [-0.2, 0) is 13.1 Å². The summed E-state index contributed by atoms with van der Waals surface area (Å²) in [5.41, 5.74) is 2.43. The van der Waals surface area contributed by atoms with Crippen LogP contribution >= 0.6 is 11.3 Å². The maximum atomic E-state index is 4.07. The Balaban J connectivity index is 1.65. The fourth-order valence-corrected chi connectivity index (χ4v) is 2.97. The Kier molecular flexibility index (Phi) is 3.83. The highest BCUT2D eigenvalue weighted by molar-refractivity contribution is 7.11. The van der Waals surface area contributed by atoms with Crippen molar-refractivity contribution in [2.45, 2.75) is 20.0 Å². The standard InChI is InChI=1S/C16H17N3S/c1-13-5-6-16(20-13)10-18-15-4-2-3-14(9-15)11-19-8-7-17-12-19/h2-9,12,18H,10-11H2,1H3. The molecule has 4 heteroatoms. The highest BCUT2D eigenvalue weighted by atomic mass is 32.1. The number of imidazole rings is 1. The number of thiophene rings is 1. The Morgan fingerprint density at radius 1 is 1.25 bits per heavy atom. The number of benzene rings is 1. The minimum absolute atomic E-state index is 0.855. The second kappa shape index (κ2) is 5.92. The summed E-state index contributed by atoms with van der Waals surface area (Å²) in [6, 6.07) is 12.9. The zero-order valence-electron chi connectivity index (χ0n) is 11.4. The van der Waals surface area contributed by atoms with E-state index in [4.69, 9.17) is 0 Å². The zero-order valence-corrected chi connectivity index (χ0v) is 12.2. The van der Waals surface area contributed by atoms with Gasteiger partial charge in [0.05, 0.1) is 6.33 Å². The van der Waals surface area contributed by atoms with E-state index < -0.39 is 0 Å². The molecule has 3 rings (SSSR count). The molecule has 3 nitrogen and oxygen atoms in total. The van der Waals surface area contributed by atoms with Crippen LogP contribution in [0.1, 0.15) is 15.3 Å². The van der Waals surface area contributed by atoms with Gasteiger partial charge in [-0.05, 0) is 36.8 Å². The molecule has 0 amide bonds. The fraction of sp³-hybridized carbons (Fsp3) is 0.188. The number of hydrogen-bond donors (Lipinski definition) is 1. The molecule has 0 aliphatic heterocycles. The molecule has 0 saturated carbocycles. The number of nitrogens with zero attached hydrogens (tertiary/aromatic N) is 2. The summed E-state index contributed by atoms with van der Waals surface area (Å²) >= 11 is 1.84. The first-order chi connectivity index (χ1) is 9.79. The van der Waals surface area contributed by atoms with Crippen LogP contribution < -0.4 is 5.32 Å². The normalized spacial score (nSPS) is 10.7. The Bertz CT molecular complexity index is 671. The maximum absolute atomic E-state index is 4.07. The van der Waals surface area contributed by atoms with Crippen LogP contribution in [0.15, 0.2) is 55.1 Å². The van der Waals surface area contributed by atoms with Gasteiger partial charge in [0.2, 0.25) is 0 Å². The molecule has 0 saturated heterocycles. The average molecular weight is 283 g/mol. The minimum Gasteiger partial charge on any atom is -0.380 e. The maximum Gasteiger partial charge on any atom is 0.0949 e. The molecule has 0 bridgehead atoms. The third-order valence-electron chi connectivity index (χ3n) is 3.11. The van der Waals surface area contributed by atoms with Crippen LogP contribution in [0.4, 0.5) is 5.69 Å². The predicted octanol–water partition coefficient (Wildman–Crippen LogP) is 3.91. The Labute approximate surface area is 122 Å². The quantitative estimate of drug-likeness (QED) is 0.769. The number of anilines is 1. The van der Waals surface area contributed by atoms with E-state index in [9.17, 15) is 0 Å². The lowest BCUT2D eigenvalue weighted by molar-refractivity contribution is 0.797. The van der Waals surface area contributed by atoms with Gasteiger partial charge < -0.3 is 9.88 Å². The van der Waals surface area contributed by atoms with Gasteiger partial charge in [0.25, 0.3) is 0 Å². The Morgan fingerprint density at radius 2 is 2.20 bits per heavy atom. The predicted molar refractivity (Wildman–Crippen MR) is 84.2 cm³/mol. The van der Waals surface area contributed by atoms with Crippen molar-refractivity contribution in [1.29, 1.82) is 0 Å². The molecule has 20 heavy (non-hydrogen) atoms. The first-order valence-corrected chi connectivity index (χ1v) is 7.45. The summed E-state index contributed by atoms with van der Waals surface area (Å²) < 4.78 is 2.07. The second-order valence-corrected chi connectivity index (χ2v) is 6.17. The summed E-state index contributed by atoms with van der Waals surface area (Å²) in [6.45, 7) is 3.88. The summed E-state index contributed by atoms with van der Waals surface area (Å²) in [7, 11) is 0. The highest BCUT2D eigenvalue weighted by Crippen LogP contribution is 2.18. The van der Waals surface area contributed by atoms with Gasteiger partial charge >= 0.3 is 0 Å². The lowest BCUT2D eigenvalue weighted by atomic mass is 10.2. The van der Waals surface area contributed by atoms with Crippen molar-refractivity contribution in [3.8, 4) is 0 Å². The van der Waals surface area contributed by atoms with E-state index in [1.165, 1.54) is 15.3 Å². The Morgan fingerprint density at radius 3 is 2.95 bits per heavy atom. The van der Waals surface area contributed by atoms with E-state index in [1.54, 1.807) is 6.20 Å². The van der Waals surface area contributed by atoms with Crippen molar-refractivity contribution in [2.24, 2.45) is 0 Å². The van der Waals surface area contributed by atoms with Crippen LogP contribution in [0.25, 0.3) is 0 Å². The molecule has 0 radical (unpaired) electrons. The van der Waals surface area contributed by atoms with Crippen molar-refractivity contribution in [1.82, 2.24) is 9.55 Å². The molecule has 0 unspecified atom stereocenters. The lowest BCUT2D eigenvalue weighted by Crippen LogP contribution is -2.00. The third-order valence-corrected chi connectivity index (χ3v) is 4.11. The number of aromatic nitrogens is 2. The molecular formula is C16H17N3S. The van der Waals surface area contributed by atoms with E-state index in [0.29, 0.717) is 0 Å². The number of hydrogen-bond acceptors (Lipinski definition) is 3. The second-order valence-electron chi connectivity index (χ2n) is 4.80. The van der Waals surface area contributed by atoms with Crippen LogP contribution in [0, 0.1) is 6.92 Å². The lowest BCUT2D eigenvalue weighted by Gasteiger charge is -2.08. The van der Waals surface area contributed by atoms with Gasteiger partial charge in [-0.1, -0.05) is 12.1 Å². The molecular weight excluding hydrogens is 266 g/mol. The first-order valence-electron chi connectivity index (χ1n) is 6.63. The molecule has 0 aliphatic rings. The van der Waals surface area contributed by atoms with E-state index in [1.807, 2.05) is 23.9 Å². The summed E-state index contributed by atoms with van der Waals surface area (Å²) in [5, 5.41) is 3.48. The zero-order chi connectivity index (χ0) is 13.8. The van der Waals surface area contributed by atoms with Crippen molar-refractivity contribution >= 4 is 17.0 Å². The van der Waals surface area contributed by atoms with E-state index in [-0.39, 0.29) is 0 Å². The van der Waals surface area contributed by atoms with Gasteiger partial charge in [-0.25, -0.2) is 4.98 Å². The molecule has 2 aromatic heterocycles. The average Bonchev–Trinajstić information content (AvgIpc) is 3.09. The van der Waals surface area contributed by atoms with Crippen molar-refractivity contribution in [3.63, 3.8) is 0 Å². The van der Waals surface area contributed by atoms with Crippen molar-refractivity contribution in [3.05, 3.63) is 70.4 Å². The SMILES string of the molecule is Cc1ccc(CNc2cccc(Cn3ccnc3)c2)s1. The largest absolute Gasteiger partial charge is 0.380 e. The summed E-state index contributed by atoms with van der Waals surface area (Å²) in [6.07, 6.45) is 5.63. The van der Waals surface area contributed by atoms with Crippen molar-refractivity contribution in [2.75, 3.05) is 5.32 Å². The number of nitrogens with one attached hydrogen (secondary N) is 1. The molecule has 0 aliphatic carbocycles. The van der Waals surface area contributed by atoms with Crippen LogP contribution in [0.5, 0.6) is 0 Å². The Hall–Kier alpha value is -2.07.